The van der Waals surface area contributed by atoms with Gasteiger partial charge < -0.3 is 9.32 Å². The maximum Gasteiger partial charge on any atom is 0.259 e. The second-order valence-electron chi connectivity index (χ2n) is 2.74. The largest absolute Gasteiger partial charge is 0.420 e. The molecule has 68 valence electrons. The number of rotatable bonds is 2. The van der Waals surface area contributed by atoms with Gasteiger partial charge >= 0.3 is 0 Å². The highest BCUT2D eigenvalue weighted by molar-refractivity contribution is 5.70. The van der Waals surface area contributed by atoms with Crippen molar-refractivity contribution in [1.29, 1.82) is 5.26 Å². The van der Waals surface area contributed by atoms with Crippen LogP contribution in [0.15, 0.2) is 10.6 Å². The minimum Gasteiger partial charge on any atom is -0.420 e. The van der Waals surface area contributed by atoms with Gasteiger partial charge in [0.2, 0.25) is 5.89 Å². The van der Waals surface area contributed by atoms with Crippen molar-refractivity contribution in [2.45, 2.75) is 6.92 Å². The molecule has 0 radical (unpaired) electrons. The zero-order chi connectivity index (χ0) is 9.84. The zero-order valence-electron chi connectivity index (χ0n) is 7.77. The summed E-state index contributed by atoms with van der Waals surface area (Å²) in [5.74, 6) is 0.712. The van der Waals surface area contributed by atoms with E-state index in [0.717, 1.165) is 0 Å². The van der Waals surface area contributed by atoms with Crippen molar-refractivity contribution >= 4 is 5.57 Å². The highest BCUT2D eigenvalue weighted by Crippen LogP contribution is 2.11. The average molecular weight is 178 g/mol. The number of allylic oxidation sites excluding steroid dienone is 1. The summed E-state index contributed by atoms with van der Waals surface area (Å²) in [4.78, 5) is 1.75. The minimum absolute atomic E-state index is 0.258. The molecule has 0 bridgehead atoms. The molecule has 0 saturated carbocycles. The molecule has 0 spiro atoms. The number of nitriles is 1. The van der Waals surface area contributed by atoms with Crippen molar-refractivity contribution in [3.63, 3.8) is 0 Å². The van der Waals surface area contributed by atoms with Crippen LogP contribution in [0.2, 0.25) is 0 Å². The van der Waals surface area contributed by atoms with Crippen LogP contribution in [0, 0.1) is 18.3 Å². The van der Waals surface area contributed by atoms with Gasteiger partial charge in [0.25, 0.3) is 5.89 Å². The van der Waals surface area contributed by atoms with E-state index in [0.29, 0.717) is 11.5 Å². The summed E-state index contributed by atoms with van der Waals surface area (Å²) in [5, 5.41) is 16.1. The van der Waals surface area contributed by atoms with Crippen molar-refractivity contribution in [2.75, 3.05) is 14.1 Å². The molecule has 0 atom stereocenters. The third kappa shape index (κ3) is 2.30. The van der Waals surface area contributed by atoms with Gasteiger partial charge in [-0.1, -0.05) is 0 Å². The summed E-state index contributed by atoms with van der Waals surface area (Å²) < 4.78 is 5.10. The summed E-state index contributed by atoms with van der Waals surface area (Å²) in [7, 11) is 3.64. The summed E-state index contributed by atoms with van der Waals surface area (Å²) in [5.41, 5.74) is 0.366. The fourth-order valence-electron chi connectivity index (χ4n) is 0.796. The van der Waals surface area contributed by atoms with Crippen LogP contribution < -0.4 is 0 Å². The van der Waals surface area contributed by atoms with Crippen molar-refractivity contribution in [1.82, 2.24) is 15.1 Å². The average Bonchev–Trinajstić information content (AvgIpc) is 2.47. The van der Waals surface area contributed by atoms with E-state index in [4.69, 9.17) is 9.68 Å². The van der Waals surface area contributed by atoms with E-state index in [1.165, 1.54) is 0 Å². The van der Waals surface area contributed by atoms with Crippen molar-refractivity contribution in [3.05, 3.63) is 18.0 Å². The normalized spacial score (nSPS) is 11.1. The number of hydrogen-bond acceptors (Lipinski definition) is 5. The van der Waals surface area contributed by atoms with Crippen LogP contribution in [0.5, 0.6) is 0 Å². The molecule has 1 heterocycles. The van der Waals surface area contributed by atoms with Crippen LogP contribution in [0.25, 0.3) is 5.57 Å². The van der Waals surface area contributed by atoms with E-state index in [9.17, 15) is 0 Å². The Morgan fingerprint density at radius 1 is 1.54 bits per heavy atom. The van der Waals surface area contributed by atoms with Crippen LogP contribution in [-0.4, -0.2) is 29.2 Å². The molecular weight excluding hydrogens is 168 g/mol. The zero-order valence-corrected chi connectivity index (χ0v) is 7.77. The van der Waals surface area contributed by atoms with Crippen molar-refractivity contribution in [2.24, 2.45) is 0 Å². The monoisotopic (exact) mass is 178 g/mol. The third-order valence-electron chi connectivity index (χ3n) is 1.26. The molecule has 0 N–H and O–H groups in total. The van der Waals surface area contributed by atoms with E-state index in [1.54, 1.807) is 18.0 Å². The van der Waals surface area contributed by atoms with E-state index < -0.39 is 0 Å². The van der Waals surface area contributed by atoms with Gasteiger partial charge in [0.15, 0.2) is 0 Å². The number of hydrogen-bond donors (Lipinski definition) is 0. The van der Waals surface area contributed by atoms with Crippen LogP contribution in [0.3, 0.4) is 0 Å². The molecule has 0 aromatic carbocycles. The lowest BCUT2D eigenvalue weighted by Crippen LogP contribution is -2.02. The summed E-state index contributed by atoms with van der Waals surface area (Å²) >= 11 is 0. The molecular formula is C8H10N4O. The lowest BCUT2D eigenvalue weighted by molar-refractivity contribution is 0.503. The van der Waals surface area contributed by atoms with E-state index >= 15 is 0 Å². The Hall–Kier alpha value is -1.83. The standard InChI is InChI=1S/C8H10N4O/c1-6-10-11-8(13-6)7(4-9)5-12(2)3/h5H,1-3H3. The SMILES string of the molecule is Cc1nnc(C(C#N)=CN(C)C)o1. The van der Waals surface area contributed by atoms with Crippen LogP contribution in [-0.2, 0) is 0 Å². The Morgan fingerprint density at radius 2 is 2.23 bits per heavy atom. The maximum absolute atomic E-state index is 8.76. The second kappa shape index (κ2) is 3.72. The third-order valence-corrected chi connectivity index (χ3v) is 1.26. The predicted molar refractivity (Wildman–Crippen MR) is 46.3 cm³/mol. The molecule has 0 fully saturated rings. The summed E-state index contributed by atoms with van der Waals surface area (Å²) in [6.45, 7) is 1.68. The Bertz CT molecular complexity index is 358. The van der Waals surface area contributed by atoms with Gasteiger partial charge in [-0.3, -0.25) is 0 Å². The first-order valence-corrected chi connectivity index (χ1v) is 3.72. The first-order chi connectivity index (χ1) is 6.13. The van der Waals surface area contributed by atoms with Gasteiger partial charge in [-0.2, -0.15) is 5.26 Å². The second-order valence-corrected chi connectivity index (χ2v) is 2.74. The molecule has 0 amide bonds. The molecule has 0 aliphatic rings. The van der Waals surface area contributed by atoms with Gasteiger partial charge in [-0.15, -0.1) is 10.2 Å². The summed E-state index contributed by atoms with van der Waals surface area (Å²) in [6, 6.07) is 1.99. The van der Waals surface area contributed by atoms with Gasteiger partial charge in [-0.05, 0) is 0 Å². The molecule has 5 heteroatoms. The van der Waals surface area contributed by atoms with E-state index in [1.807, 2.05) is 20.2 Å². The first-order valence-electron chi connectivity index (χ1n) is 3.72. The Balaban J connectivity index is 2.99. The number of aromatic nitrogens is 2. The quantitative estimate of drug-likeness (QED) is 0.627. The van der Waals surface area contributed by atoms with Crippen LogP contribution >= 0.6 is 0 Å². The highest BCUT2D eigenvalue weighted by Gasteiger charge is 2.08. The molecule has 0 aliphatic heterocycles. The lowest BCUT2D eigenvalue weighted by atomic mass is 10.3. The maximum atomic E-state index is 8.76. The van der Waals surface area contributed by atoms with Crippen molar-refractivity contribution < 1.29 is 4.42 Å². The van der Waals surface area contributed by atoms with E-state index in [-0.39, 0.29) is 5.89 Å². The van der Waals surface area contributed by atoms with Crippen LogP contribution in [0.1, 0.15) is 11.8 Å². The molecule has 0 saturated heterocycles. The number of nitrogens with zero attached hydrogens (tertiary/aromatic N) is 4. The molecule has 0 aliphatic carbocycles. The molecule has 13 heavy (non-hydrogen) atoms. The van der Waals surface area contributed by atoms with E-state index in [2.05, 4.69) is 10.2 Å². The fraction of sp³-hybridized carbons (Fsp3) is 0.375. The molecule has 1 aromatic heterocycles. The first kappa shape index (κ1) is 9.26. The topological polar surface area (TPSA) is 66.0 Å². The minimum atomic E-state index is 0.258. The predicted octanol–water partition coefficient (Wildman–Crippen LogP) is 0.804. The molecule has 1 rings (SSSR count). The summed E-state index contributed by atoms with van der Waals surface area (Å²) in [6.07, 6.45) is 1.63. The molecule has 1 aromatic rings. The Kier molecular flexibility index (Phi) is 2.65. The molecule has 0 unspecified atom stereocenters. The smallest absolute Gasteiger partial charge is 0.259 e. The molecule has 5 nitrogen and oxygen atoms in total. The Morgan fingerprint density at radius 3 is 2.62 bits per heavy atom. The fourth-order valence-corrected chi connectivity index (χ4v) is 0.796. The van der Waals surface area contributed by atoms with Gasteiger partial charge in [-0.25, -0.2) is 0 Å². The van der Waals surface area contributed by atoms with Gasteiger partial charge in [0, 0.05) is 27.2 Å². The van der Waals surface area contributed by atoms with Gasteiger partial charge in [0.1, 0.15) is 11.6 Å². The van der Waals surface area contributed by atoms with Crippen LogP contribution in [0.4, 0.5) is 0 Å². The van der Waals surface area contributed by atoms with Gasteiger partial charge in [0.05, 0.1) is 0 Å². The highest BCUT2D eigenvalue weighted by atomic mass is 16.4. The lowest BCUT2D eigenvalue weighted by Gasteiger charge is -2.03. The number of aryl methyl sites for hydroxylation is 1. The Labute approximate surface area is 76.3 Å². The van der Waals surface area contributed by atoms with Crippen molar-refractivity contribution in [3.8, 4) is 6.07 Å².